The summed E-state index contributed by atoms with van der Waals surface area (Å²) in [5.41, 5.74) is 2.44. The number of thiazole rings is 1. The van der Waals surface area contributed by atoms with E-state index in [-0.39, 0.29) is 5.56 Å². The number of halogens is 1. The minimum atomic E-state index is -0.0670. The summed E-state index contributed by atoms with van der Waals surface area (Å²) in [4.78, 5) is 18.1. The zero-order valence-corrected chi connectivity index (χ0v) is 16.6. The van der Waals surface area contributed by atoms with Gasteiger partial charge in [0, 0.05) is 0 Å². The van der Waals surface area contributed by atoms with Crippen LogP contribution in [0.1, 0.15) is 12.5 Å². The number of fused-ring (bicyclic) bond motifs is 3. The molecule has 0 aliphatic rings. The quantitative estimate of drug-likeness (QED) is 0.495. The van der Waals surface area contributed by atoms with Crippen molar-refractivity contribution in [3.8, 4) is 11.5 Å². The molecule has 2 aromatic carbocycles. The molecule has 0 aliphatic carbocycles. The highest BCUT2D eigenvalue weighted by Gasteiger charge is 2.13. The fourth-order valence-electron chi connectivity index (χ4n) is 2.87. The fourth-order valence-corrected chi connectivity index (χ4v) is 4.43. The van der Waals surface area contributed by atoms with Crippen molar-refractivity contribution in [2.45, 2.75) is 6.92 Å². The number of para-hydroxylation sites is 2. The monoisotopic (exact) mass is 430 g/mol. The predicted octanol–water partition coefficient (Wildman–Crippen LogP) is 3.63. The molecule has 0 amide bonds. The summed E-state index contributed by atoms with van der Waals surface area (Å²) < 4.78 is 14.1. The molecule has 2 aromatic heterocycles. The van der Waals surface area contributed by atoms with Crippen LogP contribution in [0.25, 0.3) is 22.1 Å². The lowest BCUT2D eigenvalue weighted by atomic mass is 10.2. The van der Waals surface area contributed by atoms with Gasteiger partial charge in [0.1, 0.15) is 0 Å². The normalized spacial score (nSPS) is 12.2. The standard InChI is InChI=1S/C19H15BrN2O3S/c1-3-25-17-12(20)8-11(9-15(17)24-2)10-16-18(23)22-14-7-5-4-6-13(14)21-19(22)26-16/h4-10H,3H2,1-2H3. The molecule has 0 radical (unpaired) electrons. The predicted molar refractivity (Wildman–Crippen MR) is 107 cm³/mol. The van der Waals surface area contributed by atoms with Crippen LogP contribution in [0, 0.1) is 0 Å². The first-order valence-corrected chi connectivity index (χ1v) is 9.65. The van der Waals surface area contributed by atoms with Crippen molar-refractivity contribution < 1.29 is 9.47 Å². The molecule has 2 heterocycles. The van der Waals surface area contributed by atoms with Gasteiger partial charge in [-0.15, -0.1) is 0 Å². The maximum Gasteiger partial charge on any atom is 0.274 e. The summed E-state index contributed by atoms with van der Waals surface area (Å²) in [5.74, 6) is 1.27. The van der Waals surface area contributed by atoms with Crippen molar-refractivity contribution in [3.05, 3.63) is 61.3 Å². The molecule has 5 nitrogen and oxygen atoms in total. The molecule has 0 aliphatic heterocycles. The Morgan fingerprint density at radius 3 is 2.88 bits per heavy atom. The Morgan fingerprint density at radius 1 is 1.31 bits per heavy atom. The van der Waals surface area contributed by atoms with Crippen molar-refractivity contribution in [1.82, 2.24) is 9.38 Å². The van der Waals surface area contributed by atoms with Gasteiger partial charge < -0.3 is 9.47 Å². The minimum absolute atomic E-state index is 0.0670. The van der Waals surface area contributed by atoms with Crippen LogP contribution < -0.4 is 19.6 Å². The van der Waals surface area contributed by atoms with E-state index in [1.165, 1.54) is 11.3 Å². The van der Waals surface area contributed by atoms with Gasteiger partial charge in [0.15, 0.2) is 16.5 Å². The number of benzene rings is 2. The highest BCUT2D eigenvalue weighted by atomic mass is 79.9. The second-order valence-corrected chi connectivity index (χ2v) is 7.46. The Kier molecular flexibility index (Phi) is 4.42. The van der Waals surface area contributed by atoms with Crippen LogP contribution >= 0.6 is 27.3 Å². The van der Waals surface area contributed by atoms with E-state index in [4.69, 9.17) is 9.47 Å². The van der Waals surface area contributed by atoms with E-state index in [1.807, 2.05) is 49.4 Å². The molecule has 26 heavy (non-hydrogen) atoms. The average Bonchev–Trinajstić information content (AvgIpc) is 3.14. The molecule has 0 bridgehead atoms. The molecule has 132 valence electrons. The van der Waals surface area contributed by atoms with Crippen LogP contribution in [0.3, 0.4) is 0 Å². The molecule has 0 saturated carbocycles. The number of rotatable bonds is 4. The Morgan fingerprint density at radius 2 is 2.12 bits per heavy atom. The maximum absolute atomic E-state index is 12.9. The highest BCUT2D eigenvalue weighted by Crippen LogP contribution is 2.36. The maximum atomic E-state index is 12.9. The molecular weight excluding hydrogens is 416 g/mol. The lowest BCUT2D eigenvalue weighted by Gasteiger charge is -2.12. The molecule has 0 spiro atoms. The highest BCUT2D eigenvalue weighted by molar-refractivity contribution is 9.10. The SMILES string of the molecule is CCOc1c(Br)cc(C=c2sc3nc4ccccc4n3c2=O)cc1OC. The first kappa shape index (κ1) is 17.1. The fraction of sp³-hybridized carbons (Fsp3) is 0.158. The van der Waals surface area contributed by atoms with Gasteiger partial charge in [-0.2, -0.15) is 0 Å². The largest absolute Gasteiger partial charge is 0.493 e. The van der Waals surface area contributed by atoms with Gasteiger partial charge in [0.25, 0.3) is 5.56 Å². The van der Waals surface area contributed by atoms with E-state index < -0.39 is 0 Å². The van der Waals surface area contributed by atoms with E-state index in [9.17, 15) is 4.79 Å². The topological polar surface area (TPSA) is 52.8 Å². The Balaban J connectivity index is 1.90. The molecule has 0 N–H and O–H groups in total. The molecule has 4 aromatic rings. The second-order valence-electron chi connectivity index (χ2n) is 5.60. The Hall–Kier alpha value is -2.38. The molecule has 7 heteroatoms. The number of hydrogen-bond donors (Lipinski definition) is 0. The number of ether oxygens (including phenoxy) is 2. The van der Waals surface area contributed by atoms with Crippen LogP contribution in [0.4, 0.5) is 0 Å². The van der Waals surface area contributed by atoms with Crippen LogP contribution in [0.15, 0.2) is 45.7 Å². The van der Waals surface area contributed by atoms with Gasteiger partial charge in [0.05, 0.1) is 33.8 Å². The van der Waals surface area contributed by atoms with Gasteiger partial charge in [-0.25, -0.2) is 9.38 Å². The number of hydrogen-bond acceptors (Lipinski definition) is 5. The van der Waals surface area contributed by atoms with Crippen molar-refractivity contribution in [2.75, 3.05) is 13.7 Å². The first-order chi connectivity index (χ1) is 12.6. The summed E-state index contributed by atoms with van der Waals surface area (Å²) in [6.45, 7) is 2.46. The summed E-state index contributed by atoms with van der Waals surface area (Å²) >= 11 is 4.89. The number of imidazole rings is 1. The minimum Gasteiger partial charge on any atom is -0.493 e. The third kappa shape index (κ3) is 2.77. The zero-order chi connectivity index (χ0) is 18.3. The molecule has 0 atom stereocenters. The van der Waals surface area contributed by atoms with Crippen molar-refractivity contribution in [3.63, 3.8) is 0 Å². The van der Waals surface area contributed by atoms with E-state index in [0.29, 0.717) is 27.6 Å². The van der Waals surface area contributed by atoms with Gasteiger partial charge in [-0.1, -0.05) is 23.5 Å². The molecule has 4 rings (SSSR count). The second kappa shape index (κ2) is 6.74. The Bertz CT molecular complexity index is 1230. The number of methoxy groups -OCH3 is 1. The molecular formula is C19H15BrN2O3S. The lowest BCUT2D eigenvalue weighted by Crippen LogP contribution is -2.22. The van der Waals surface area contributed by atoms with E-state index in [0.717, 1.165) is 21.1 Å². The van der Waals surface area contributed by atoms with E-state index >= 15 is 0 Å². The van der Waals surface area contributed by atoms with E-state index in [1.54, 1.807) is 11.5 Å². The van der Waals surface area contributed by atoms with Crippen LogP contribution in [0.2, 0.25) is 0 Å². The summed E-state index contributed by atoms with van der Waals surface area (Å²) in [7, 11) is 1.60. The first-order valence-electron chi connectivity index (χ1n) is 8.04. The molecule has 0 unspecified atom stereocenters. The van der Waals surface area contributed by atoms with Gasteiger partial charge in [-0.05, 0) is 58.8 Å². The van der Waals surface area contributed by atoms with Crippen LogP contribution in [0.5, 0.6) is 11.5 Å². The average molecular weight is 431 g/mol. The third-order valence-corrected chi connectivity index (χ3v) is 5.54. The lowest BCUT2D eigenvalue weighted by molar-refractivity contribution is 0.309. The van der Waals surface area contributed by atoms with Crippen LogP contribution in [-0.2, 0) is 0 Å². The zero-order valence-electron chi connectivity index (χ0n) is 14.2. The van der Waals surface area contributed by atoms with Crippen molar-refractivity contribution in [2.24, 2.45) is 0 Å². The smallest absolute Gasteiger partial charge is 0.274 e. The number of aromatic nitrogens is 2. The number of nitrogens with zero attached hydrogens (tertiary/aromatic N) is 2. The Labute approximate surface area is 161 Å². The van der Waals surface area contributed by atoms with Gasteiger partial charge >= 0.3 is 0 Å². The van der Waals surface area contributed by atoms with Crippen LogP contribution in [-0.4, -0.2) is 23.1 Å². The van der Waals surface area contributed by atoms with Crippen molar-refractivity contribution in [1.29, 1.82) is 0 Å². The summed E-state index contributed by atoms with van der Waals surface area (Å²) in [6.07, 6.45) is 1.85. The summed E-state index contributed by atoms with van der Waals surface area (Å²) in [5, 5.41) is 0. The molecule has 0 saturated heterocycles. The third-order valence-electron chi connectivity index (χ3n) is 3.98. The molecule has 0 fully saturated rings. The van der Waals surface area contributed by atoms with Gasteiger partial charge in [0.2, 0.25) is 0 Å². The van der Waals surface area contributed by atoms with Gasteiger partial charge in [-0.3, -0.25) is 4.79 Å². The summed E-state index contributed by atoms with van der Waals surface area (Å²) in [6, 6.07) is 11.4. The van der Waals surface area contributed by atoms with Crippen molar-refractivity contribution >= 4 is 49.3 Å². The van der Waals surface area contributed by atoms with E-state index in [2.05, 4.69) is 20.9 Å².